The molecule has 1 saturated heterocycles. The number of methoxy groups -OCH3 is 1. The van der Waals surface area contributed by atoms with E-state index < -0.39 is 0 Å². The zero-order valence-corrected chi connectivity index (χ0v) is 11.7. The molecule has 1 amide bonds. The van der Waals surface area contributed by atoms with Crippen LogP contribution < -0.4 is 4.74 Å². The van der Waals surface area contributed by atoms with Crippen molar-refractivity contribution < 1.29 is 14.6 Å². The van der Waals surface area contributed by atoms with Gasteiger partial charge in [0.1, 0.15) is 11.5 Å². The highest BCUT2D eigenvalue weighted by atomic mass is 16.5. The summed E-state index contributed by atoms with van der Waals surface area (Å²) in [4.78, 5) is 14.4. The quantitative estimate of drug-likeness (QED) is 0.892. The van der Waals surface area contributed by atoms with E-state index in [1.807, 2.05) is 4.90 Å². The van der Waals surface area contributed by atoms with E-state index in [0.717, 1.165) is 19.3 Å². The second kappa shape index (κ2) is 5.51. The van der Waals surface area contributed by atoms with Crippen LogP contribution in [0, 0.1) is 0 Å². The lowest BCUT2D eigenvalue weighted by Gasteiger charge is -2.39. The zero-order chi connectivity index (χ0) is 14.0. The molecule has 1 aliphatic heterocycles. The zero-order valence-electron chi connectivity index (χ0n) is 11.7. The van der Waals surface area contributed by atoms with Gasteiger partial charge in [0, 0.05) is 18.2 Å². The predicted molar refractivity (Wildman–Crippen MR) is 73.6 cm³/mol. The number of carbonyl (C=O) groups excluding carboxylic acids is 1. The lowest BCUT2D eigenvalue weighted by molar-refractivity contribution is 0.0508. The van der Waals surface area contributed by atoms with Gasteiger partial charge in [0.2, 0.25) is 0 Å². The molecule has 1 aromatic carbocycles. The summed E-state index contributed by atoms with van der Waals surface area (Å²) in [6, 6.07) is 5.25. The summed E-state index contributed by atoms with van der Waals surface area (Å²) in [5, 5.41) is 9.97. The molecule has 1 aliphatic rings. The third-order valence-corrected chi connectivity index (χ3v) is 3.86. The second-order valence-electron chi connectivity index (χ2n) is 5.22. The molecule has 19 heavy (non-hydrogen) atoms. The van der Waals surface area contributed by atoms with Gasteiger partial charge in [-0.2, -0.15) is 0 Å². The molecular weight excluding hydrogens is 242 g/mol. The van der Waals surface area contributed by atoms with Gasteiger partial charge in [0.05, 0.1) is 12.7 Å². The van der Waals surface area contributed by atoms with Crippen LogP contribution in [0.4, 0.5) is 0 Å². The maximum absolute atomic E-state index is 12.6. The molecule has 1 fully saturated rings. The lowest BCUT2D eigenvalue weighted by atomic mass is 9.96. The average molecular weight is 263 g/mol. The van der Waals surface area contributed by atoms with Gasteiger partial charge in [-0.05, 0) is 45.2 Å². The van der Waals surface area contributed by atoms with Crippen LogP contribution in [0.5, 0.6) is 11.5 Å². The second-order valence-corrected chi connectivity index (χ2v) is 5.22. The number of rotatable bonds is 2. The number of aromatic hydroxyl groups is 1. The van der Waals surface area contributed by atoms with Crippen LogP contribution in [-0.4, -0.2) is 35.1 Å². The summed E-state index contributed by atoms with van der Waals surface area (Å²) in [5.74, 6) is 0.433. The van der Waals surface area contributed by atoms with E-state index in [9.17, 15) is 9.90 Å². The lowest BCUT2D eigenvalue weighted by Crippen LogP contribution is -2.47. The minimum Gasteiger partial charge on any atom is -0.507 e. The van der Waals surface area contributed by atoms with Crippen molar-refractivity contribution in [1.82, 2.24) is 4.90 Å². The van der Waals surface area contributed by atoms with Gasteiger partial charge in [-0.15, -0.1) is 0 Å². The first-order valence-electron chi connectivity index (χ1n) is 6.74. The Bertz CT molecular complexity index is 462. The smallest absolute Gasteiger partial charge is 0.258 e. The molecule has 1 N–H and O–H groups in total. The molecule has 4 heteroatoms. The van der Waals surface area contributed by atoms with E-state index in [1.54, 1.807) is 12.1 Å². The van der Waals surface area contributed by atoms with Crippen LogP contribution >= 0.6 is 0 Å². The summed E-state index contributed by atoms with van der Waals surface area (Å²) >= 11 is 0. The molecule has 0 saturated carbocycles. The Kier molecular flexibility index (Phi) is 3.98. The van der Waals surface area contributed by atoms with Crippen LogP contribution in [0.3, 0.4) is 0 Å². The molecule has 2 atom stereocenters. The van der Waals surface area contributed by atoms with E-state index >= 15 is 0 Å². The Morgan fingerprint density at radius 2 is 1.95 bits per heavy atom. The predicted octanol–water partition coefficient (Wildman–Crippen LogP) is 2.80. The van der Waals surface area contributed by atoms with E-state index in [1.165, 1.54) is 13.2 Å². The van der Waals surface area contributed by atoms with Gasteiger partial charge in [0.15, 0.2) is 0 Å². The normalized spacial score (nSPS) is 23.2. The molecule has 0 aromatic heterocycles. The number of nitrogens with zero attached hydrogens (tertiary/aromatic N) is 1. The summed E-state index contributed by atoms with van der Waals surface area (Å²) in [7, 11) is 1.53. The summed E-state index contributed by atoms with van der Waals surface area (Å²) < 4.78 is 5.03. The van der Waals surface area contributed by atoms with Crippen LogP contribution in [0.2, 0.25) is 0 Å². The average Bonchev–Trinajstić information content (AvgIpc) is 2.38. The van der Waals surface area contributed by atoms with Gasteiger partial charge in [-0.3, -0.25) is 4.79 Å². The number of carbonyl (C=O) groups is 1. The summed E-state index contributed by atoms with van der Waals surface area (Å²) in [6.07, 6.45) is 3.20. The molecule has 0 bridgehead atoms. The Morgan fingerprint density at radius 1 is 1.32 bits per heavy atom. The van der Waals surface area contributed by atoms with Crippen LogP contribution in [0.1, 0.15) is 43.5 Å². The van der Waals surface area contributed by atoms with Crippen LogP contribution in [0.15, 0.2) is 18.2 Å². The van der Waals surface area contributed by atoms with Crippen LogP contribution in [0.25, 0.3) is 0 Å². The molecule has 2 rings (SSSR count). The molecule has 2 unspecified atom stereocenters. The SMILES string of the molecule is COc1ccc(C(=O)N2C(C)CCCC2C)c(O)c1. The van der Waals surface area contributed by atoms with Crippen molar-refractivity contribution in [2.45, 2.75) is 45.2 Å². The Balaban J connectivity index is 2.28. The van der Waals surface area contributed by atoms with Gasteiger partial charge in [-0.1, -0.05) is 0 Å². The number of hydrogen-bond acceptors (Lipinski definition) is 3. The first-order valence-corrected chi connectivity index (χ1v) is 6.74. The summed E-state index contributed by atoms with van der Waals surface area (Å²) in [5.41, 5.74) is 0.349. The topological polar surface area (TPSA) is 49.8 Å². The molecule has 1 heterocycles. The fourth-order valence-electron chi connectivity index (χ4n) is 2.78. The number of ether oxygens (including phenoxy) is 1. The van der Waals surface area contributed by atoms with Crippen molar-refractivity contribution in [1.29, 1.82) is 0 Å². The molecule has 104 valence electrons. The fourth-order valence-corrected chi connectivity index (χ4v) is 2.78. The van der Waals surface area contributed by atoms with Crippen molar-refractivity contribution in [3.63, 3.8) is 0 Å². The molecule has 4 nitrogen and oxygen atoms in total. The first kappa shape index (κ1) is 13.7. The van der Waals surface area contributed by atoms with Crippen molar-refractivity contribution in [3.8, 4) is 11.5 Å². The van der Waals surface area contributed by atoms with Gasteiger partial charge >= 0.3 is 0 Å². The van der Waals surface area contributed by atoms with Gasteiger partial charge in [0.25, 0.3) is 5.91 Å². The minimum atomic E-state index is -0.0974. The van der Waals surface area contributed by atoms with E-state index in [-0.39, 0.29) is 23.7 Å². The molecule has 0 spiro atoms. The largest absolute Gasteiger partial charge is 0.507 e. The van der Waals surface area contributed by atoms with Gasteiger partial charge < -0.3 is 14.7 Å². The highest BCUT2D eigenvalue weighted by molar-refractivity contribution is 5.97. The number of piperidine rings is 1. The molecule has 0 aliphatic carbocycles. The number of likely N-dealkylation sites (tertiary alicyclic amines) is 1. The van der Waals surface area contributed by atoms with E-state index in [2.05, 4.69) is 13.8 Å². The Morgan fingerprint density at radius 3 is 2.47 bits per heavy atom. The Labute approximate surface area is 114 Å². The highest BCUT2D eigenvalue weighted by Gasteiger charge is 2.30. The molecule has 0 radical (unpaired) electrons. The highest BCUT2D eigenvalue weighted by Crippen LogP contribution is 2.29. The van der Waals surface area contributed by atoms with Crippen molar-refractivity contribution in [3.05, 3.63) is 23.8 Å². The van der Waals surface area contributed by atoms with Gasteiger partial charge in [-0.25, -0.2) is 0 Å². The van der Waals surface area contributed by atoms with Crippen molar-refractivity contribution >= 4 is 5.91 Å². The molecule has 1 aromatic rings. The van der Waals surface area contributed by atoms with E-state index in [0.29, 0.717) is 11.3 Å². The minimum absolute atomic E-state index is 0.0191. The maximum atomic E-state index is 12.6. The van der Waals surface area contributed by atoms with E-state index in [4.69, 9.17) is 4.74 Å². The number of phenols is 1. The van der Waals surface area contributed by atoms with Crippen LogP contribution in [-0.2, 0) is 0 Å². The number of phenolic OH excluding ortho intramolecular Hbond substituents is 1. The third-order valence-electron chi connectivity index (χ3n) is 3.86. The third kappa shape index (κ3) is 2.67. The number of benzene rings is 1. The monoisotopic (exact) mass is 263 g/mol. The fraction of sp³-hybridized carbons (Fsp3) is 0.533. The standard InChI is InChI=1S/C15H21NO3/c1-10-5-4-6-11(2)16(10)15(18)13-8-7-12(19-3)9-14(13)17/h7-11,17H,4-6H2,1-3H3. The number of amides is 1. The molecular formula is C15H21NO3. The number of hydrogen-bond donors (Lipinski definition) is 1. The Hall–Kier alpha value is -1.71. The maximum Gasteiger partial charge on any atom is 0.258 e. The van der Waals surface area contributed by atoms with Crippen molar-refractivity contribution in [2.24, 2.45) is 0 Å². The summed E-state index contributed by atoms with van der Waals surface area (Å²) in [6.45, 7) is 4.13. The first-order chi connectivity index (χ1) is 9.04. The van der Waals surface area contributed by atoms with Crippen molar-refractivity contribution in [2.75, 3.05) is 7.11 Å².